The zero-order valence-corrected chi connectivity index (χ0v) is 19.7. The molecule has 0 radical (unpaired) electrons. The molecule has 1 aromatic heterocycles. The molecular formula is C28H31NO5. The lowest BCUT2D eigenvalue weighted by molar-refractivity contribution is -0.148. The number of carbonyl (C=O) groups is 2. The fourth-order valence-corrected chi connectivity index (χ4v) is 5.23. The van der Waals surface area contributed by atoms with Crippen molar-refractivity contribution < 1.29 is 24.2 Å². The quantitative estimate of drug-likeness (QED) is 0.528. The van der Waals surface area contributed by atoms with Crippen molar-refractivity contribution >= 4 is 30.1 Å². The zero-order valence-electron chi connectivity index (χ0n) is 19.7. The van der Waals surface area contributed by atoms with Crippen LogP contribution >= 0.6 is 0 Å². The summed E-state index contributed by atoms with van der Waals surface area (Å²) in [6.45, 7) is 4.65. The Labute approximate surface area is 199 Å². The molecule has 6 nitrogen and oxygen atoms in total. The second kappa shape index (κ2) is 9.01. The van der Waals surface area contributed by atoms with Crippen LogP contribution in [0.4, 0.5) is 0 Å². The third-order valence-electron chi connectivity index (χ3n) is 7.39. The van der Waals surface area contributed by atoms with E-state index < -0.39 is 5.60 Å². The summed E-state index contributed by atoms with van der Waals surface area (Å²) < 4.78 is 12.9. The van der Waals surface area contributed by atoms with Crippen molar-refractivity contribution in [2.45, 2.75) is 51.2 Å². The Hall–Kier alpha value is -2.96. The van der Waals surface area contributed by atoms with Crippen LogP contribution < -0.4 is 10.6 Å². The molecule has 4 unspecified atom stereocenters. The minimum absolute atomic E-state index is 0.00405. The summed E-state index contributed by atoms with van der Waals surface area (Å²) in [6.07, 6.45) is 10.4. The van der Waals surface area contributed by atoms with Crippen LogP contribution in [0.3, 0.4) is 0 Å². The monoisotopic (exact) mass is 461 g/mol. The van der Waals surface area contributed by atoms with Gasteiger partial charge < -0.3 is 14.6 Å². The van der Waals surface area contributed by atoms with Crippen LogP contribution in [-0.2, 0) is 20.7 Å². The van der Waals surface area contributed by atoms with Gasteiger partial charge in [-0.3, -0.25) is 14.2 Å². The maximum absolute atomic E-state index is 13.3. The first-order valence-electron chi connectivity index (χ1n) is 12.1. The maximum Gasteiger partial charge on any atom is 0.310 e. The van der Waals surface area contributed by atoms with E-state index in [0.717, 1.165) is 46.7 Å². The smallest absolute Gasteiger partial charge is 0.310 e. The predicted molar refractivity (Wildman–Crippen MR) is 129 cm³/mol. The van der Waals surface area contributed by atoms with Gasteiger partial charge in [-0.2, -0.15) is 0 Å². The summed E-state index contributed by atoms with van der Waals surface area (Å²) in [7, 11) is 0. The molecule has 2 aliphatic carbocycles. The fourth-order valence-electron chi connectivity index (χ4n) is 5.23. The van der Waals surface area contributed by atoms with E-state index in [1.165, 1.54) is 0 Å². The number of benzene rings is 1. The minimum Gasteiger partial charge on any atom is -0.463 e. The van der Waals surface area contributed by atoms with Gasteiger partial charge in [-0.25, -0.2) is 0 Å². The van der Waals surface area contributed by atoms with Crippen LogP contribution in [0.25, 0.3) is 18.2 Å². The van der Waals surface area contributed by atoms with Crippen molar-refractivity contribution in [3.63, 3.8) is 0 Å². The summed E-state index contributed by atoms with van der Waals surface area (Å²) in [5.74, 6) is -0.545. The van der Waals surface area contributed by atoms with Gasteiger partial charge in [0.1, 0.15) is 6.61 Å². The van der Waals surface area contributed by atoms with E-state index in [1.54, 1.807) is 16.7 Å². The Kier molecular flexibility index (Phi) is 6.04. The highest BCUT2D eigenvalue weighted by Crippen LogP contribution is 2.53. The number of aromatic nitrogens is 1. The largest absolute Gasteiger partial charge is 0.463 e. The molecule has 2 aromatic rings. The highest BCUT2D eigenvalue weighted by atomic mass is 16.6. The number of nitrogens with zero attached hydrogens (tertiary/aromatic N) is 1. The predicted octanol–water partition coefficient (Wildman–Crippen LogP) is 2.38. The van der Waals surface area contributed by atoms with Crippen LogP contribution in [0.1, 0.15) is 47.8 Å². The summed E-state index contributed by atoms with van der Waals surface area (Å²) in [4.78, 5) is 26.0. The van der Waals surface area contributed by atoms with Gasteiger partial charge in [-0.1, -0.05) is 42.5 Å². The number of carbonyl (C=O) groups excluding carboxylic acids is 2. The molecule has 1 saturated carbocycles. The zero-order chi connectivity index (χ0) is 23.9. The van der Waals surface area contributed by atoms with Crippen molar-refractivity contribution in [3.8, 4) is 0 Å². The minimum atomic E-state index is -0.823. The molecule has 2 fully saturated rings. The molecule has 1 N–H and O–H groups in total. The van der Waals surface area contributed by atoms with Crippen molar-refractivity contribution in [1.29, 1.82) is 0 Å². The molecule has 2 heterocycles. The first kappa shape index (κ1) is 22.8. The molecule has 4 atom stereocenters. The Bertz CT molecular complexity index is 1250. The second-order valence-electron chi connectivity index (χ2n) is 9.74. The summed E-state index contributed by atoms with van der Waals surface area (Å²) in [5.41, 5.74) is 1.62. The van der Waals surface area contributed by atoms with Crippen LogP contribution in [0, 0.1) is 18.8 Å². The number of esters is 1. The Balaban J connectivity index is 1.43. The molecular weight excluding hydrogens is 430 g/mol. The highest BCUT2D eigenvalue weighted by molar-refractivity contribution is 5.95. The van der Waals surface area contributed by atoms with Gasteiger partial charge in [0.25, 0.3) is 5.91 Å². The maximum atomic E-state index is 13.3. The second-order valence-corrected chi connectivity index (χ2v) is 9.74. The van der Waals surface area contributed by atoms with Crippen LogP contribution in [0.15, 0.2) is 36.4 Å². The number of fused-ring (bicyclic) bond motifs is 2. The van der Waals surface area contributed by atoms with Gasteiger partial charge >= 0.3 is 5.97 Å². The number of ether oxygens (including phenoxy) is 2. The topological polar surface area (TPSA) is 77.8 Å². The number of allylic oxidation sites excluding steroid dienone is 1. The van der Waals surface area contributed by atoms with E-state index in [0.29, 0.717) is 6.61 Å². The Morgan fingerprint density at radius 2 is 1.97 bits per heavy atom. The summed E-state index contributed by atoms with van der Waals surface area (Å²) in [6, 6.07) is 9.65. The van der Waals surface area contributed by atoms with Crippen molar-refractivity contribution in [3.05, 3.63) is 63.8 Å². The van der Waals surface area contributed by atoms with Gasteiger partial charge in [-0.05, 0) is 50.3 Å². The molecule has 5 rings (SSSR count). The molecule has 1 aliphatic heterocycles. The number of aliphatic hydroxyl groups is 1. The van der Waals surface area contributed by atoms with E-state index in [4.69, 9.17) is 9.47 Å². The van der Waals surface area contributed by atoms with Crippen molar-refractivity contribution in [1.82, 2.24) is 4.57 Å². The Morgan fingerprint density at radius 3 is 2.71 bits per heavy atom. The average Bonchev–Trinajstić information content (AvgIpc) is 3.27. The molecule has 3 aliphatic rings. The lowest BCUT2D eigenvalue weighted by Crippen LogP contribution is -2.35. The number of hydrogen-bond donors (Lipinski definition) is 1. The molecule has 6 heteroatoms. The third kappa shape index (κ3) is 4.28. The standard InChI is InChI=1S/C28H31NO5/c1-18-21(15-27(31)34-17-20-10-6-7-13-33-20)22-14-23-24(28(23,2)32)16-25(22)29(18)26(30)12-11-19-8-4-3-5-9-19/h3-5,8-9,11-12,14,16,20,23-24,32H,6-7,10,13,15,17H2,1-2H3/b12-11+. The molecule has 34 heavy (non-hydrogen) atoms. The normalized spacial score (nSPS) is 27.3. The van der Waals surface area contributed by atoms with E-state index >= 15 is 0 Å². The number of rotatable bonds is 6. The molecule has 0 spiro atoms. The van der Waals surface area contributed by atoms with E-state index in [9.17, 15) is 14.7 Å². The molecule has 1 aromatic carbocycles. The summed E-state index contributed by atoms with van der Waals surface area (Å²) >= 11 is 0. The fraction of sp³-hybridized carbons (Fsp3) is 0.429. The van der Waals surface area contributed by atoms with Crippen LogP contribution in [0.5, 0.6) is 0 Å². The van der Waals surface area contributed by atoms with E-state index in [2.05, 4.69) is 0 Å². The van der Waals surface area contributed by atoms with Crippen LogP contribution in [0.2, 0.25) is 0 Å². The molecule has 0 bridgehead atoms. The number of hydrogen-bond acceptors (Lipinski definition) is 5. The SMILES string of the molecule is Cc1c(CC(=O)OCC2CCCCO2)c2c(n1C(=O)/C=C/c1ccccc1)=CC1C(C=2)C1(C)O. The molecule has 178 valence electrons. The van der Waals surface area contributed by atoms with E-state index in [-0.39, 0.29) is 42.8 Å². The molecule has 1 saturated heterocycles. The van der Waals surface area contributed by atoms with Gasteiger partial charge in [0.05, 0.1) is 23.5 Å². The Morgan fingerprint density at radius 1 is 1.21 bits per heavy atom. The van der Waals surface area contributed by atoms with Gasteiger partial charge in [0.2, 0.25) is 0 Å². The third-order valence-corrected chi connectivity index (χ3v) is 7.39. The van der Waals surface area contributed by atoms with Crippen LogP contribution in [-0.4, -0.2) is 46.5 Å². The average molecular weight is 462 g/mol. The van der Waals surface area contributed by atoms with Gasteiger partial charge in [-0.15, -0.1) is 0 Å². The van der Waals surface area contributed by atoms with Crippen molar-refractivity contribution in [2.75, 3.05) is 13.2 Å². The highest BCUT2D eigenvalue weighted by Gasteiger charge is 2.59. The van der Waals surface area contributed by atoms with E-state index in [1.807, 2.05) is 56.3 Å². The van der Waals surface area contributed by atoms with Gasteiger partial charge in [0.15, 0.2) is 0 Å². The molecule has 0 amide bonds. The first-order chi connectivity index (χ1) is 16.4. The first-order valence-corrected chi connectivity index (χ1v) is 12.1. The van der Waals surface area contributed by atoms with Crippen molar-refractivity contribution in [2.24, 2.45) is 11.8 Å². The van der Waals surface area contributed by atoms with Gasteiger partial charge in [0, 0.05) is 35.4 Å². The lowest BCUT2D eigenvalue weighted by atomic mass is 10.1. The lowest BCUT2D eigenvalue weighted by Gasteiger charge is -2.22. The summed E-state index contributed by atoms with van der Waals surface area (Å²) in [5, 5.41) is 12.3.